The van der Waals surface area contributed by atoms with Crippen LogP contribution in [0, 0.1) is 0 Å². The van der Waals surface area contributed by atoms with E-state index in [1.54, 1.807) is 12.1 Å². The van der Waals surface area contributed by atoms with Crippen LogP contribution in [0.4, 0.5) is 13.2 Å². The Hall–Kier alpha value is -3.03. The second-order valence-corrected chi connectivity index (χ2v) is 4.98. The smallest absolute Gasteiger partial charge is 0.416 e. The molecular weight excluding hydrogens is 323 g/mol. The van der Waals surface area contributed by atoms with E-state index in [-0.39, 0.29) is 17.9 Å². The topological polar surface area (TPSA) is 60.1 Å². The van der Waals surface area contributed by atoms with Crippen molar-refractivity contribution in [2.45, 2.75) is 12.7 Å². The van der Waals surface area contributed by atoms with Gasteiger partial charge in [-0.3, -0.25) is 4.79 Å². The molecule has 1 amide bonds. The van der Waals surface area contributed by atoms with Crippen LogP contribution < -0.4 is 5.32 Å². The van der Waals surface area contributed by atoms with Gasteiger partial charge in [-0.05, 0) is 30.3 Å². The van der Waals surface area contributed by atoms with E-state index in [2.05, 4.69) is 10.3 Å². The van der Waals surface area contributed by atoms with Gasteiger partial charge in [0.25, 0.3) is 5.91 Å². The zero-order valence-corrected chi connectivity index (χ0v) is 12.2. The second-order valence-electron chi connectivity index (χ2n) is 4.98. The van der Waals surface area contributed by atoms with Gasteiger partial charge in [-0.2, -0.15) is 13.2 Å². The van der Waals surface area contributed by atoms with Crippen LogP contribution in [0.1, 0.15) is 21.8 Å². The molecule has 3 rings (SSSR count). The fourth-order valence-corrected chi connectivity index (χ4v) is 2.10. The van der Waals surface area contributed by atoms with Crippen molar-refractivity contribution in [3.63, 3.8) is 0 Å². The lowest BCUT2D eigenvalue weighted by Gasteiger charge is -2.08. The van der Waals surface area contributed by atoms with Crippen molar-refractivity contribution >= 4 is 5.91 Å². The maximum absolute atomic E-state index is 12.8. The van der Waals surface area contributed by atoms with Crippen LogP contribution in [0.25, 0.3) is 5.69 Å². The quantitative estimate of drug-likeness (QED) is 0.795. The van der Waals surface area contributed by atoms with E-state index in [1.807, 2.05) is 0 Å². The van der Waals surface area contributed by atoms with E-state index in [9.17, 15) is 18.0 Å². The van der Waals surface area contributed by atoms with Crippen LogP contribution in [0.3, 0.4) is 0 Å². The van der Waals surface area contributed by atoms with Gasteiger partial charge in [0.05, 0.1) is 18.4 Å². The number of benzene rings is 1. The van der Waals surface area contributed by atoms with Gasteiger partial charge in [-0.1, -0.05) is 6.07 Å². The Labute approximate surface area is 134 Å². The van der Waals surface area contributed by atoms with Crippen molar-refractivity contribution in [1.29, 1.82) is 0 Å². The molecule has 0 unspecified atom stereocenters. The average molecular weight is 335 g/mol. The summed E-state index contributed by atoms with van der Waals surface area (Å²) in [7, 11) is 0. The number of hydrogen-bond donors (Lipinski definition) is 1. The Morgan fingerprint density at radius 2 is 2.08 bits per heavy atom. The Morgan fingerprint density at radius 3 is 2.79 bits per heavy atom. The van der Waals surface area contributed by atoms with Gasteiger partial charge in [0, 0.05) is 11.9 Å². The van der Waals surface area contributed by atoms with Crippen LogP contribution in [0.5, 0.6) is 0 Å². The number of hydrogen-bond acceptors (Lipinski definition) is 3. The summed E-state index contributed by atoms with van der Waals surface area (Å²) in [6.45, 7) is 0.197. The number of halogens is 3. The minimum absolute atomic E-state index is 0.0963. The minimum atomic E-state index is -4.43. The number of nitrogens with one attached hydrogen (secondary N) is 1. The number of rotatable bonds is 4. The largest absolute Gasteiger partial charge is 0.467 e. The van der Waals surface area contributed by atoms with E-state index in [0.717, 1.165) is 12.1 Å². The van der Waals surface area contributed by atoms with Gasteiger partial charge in [-0.25, -0.2) is 4.98 Å². The van der Waals surface area contributed by atoms with Gasteiger partial charge >= 0.3 is 6.18 Å². The molecule has 24 heavy (non-hydrogen) atoms. The van der Waals surface area contributed by atoms with Crippen LogP contribution in [0.15, 0.2) is 59.6 Å². The Morgan fingerprint density at radius 1 is 1.25 bits per heavy atom. The van der Waals surface area contributed by atoms with Crippen molar-refractivity contribution in [2.75, 3.05) is 0 Å². The number of furan rings is 1. The highest BCUT2D eigenvalue weighted by Gasteiger charge is 2.30. The van der Waals surface area contributed by atoms with Crippen molar-refractivity contribution in [1.82, 2.24) is 14.9 Å². The number of alkyl halides is 3. The lowest BCUT2D eigenvalue weighted by molar-refractivity contribution is -0.137. The van der Waals surface area contributed by atoms with Crippen molar-refractivity contribution in [2.24, 2.45) is 0 Å². The Bertz CT molecular complexity index is 838. The van der Waals surface area contributed by atoms with Crippen LogP contribution >= 0.6 is 0 Å². The summed E-state index contributed by atoms with van der Waals surface area (Å²) in [6.07, 6.45) is -0.284. The molecule has 2 heterocycles. The molecule has 0 saturated heterocycles. The van der Waals surface area contributed by atoms with E-state index >= 15 is 0 Å². The highest BCUT2D eigenvalue weighted by atomic mass is 19.4. The predicted molar refractivity (Wildman–Crippen MR) is 78.4 cm³/mol. The number of carbonyl (C=O) groups excluding carboxylic acids is 1. The number of carbonyl (C=O) groups is 1. The second kappa shape index (κ2) is 6.23. The molecule has 0 saturated carbocycles. The summed E-state index contributed by atoms with van der Waals surface area (Å²) in [5.74, 6) is 0.137. The molecule has 0 aliphatic rings. The standard InChI is InChI=1S/C16H12F3N3O2/c17-16(18,19)11-3-1-4-12(7-11)22-9-14(21-10-22)15(23)20-8-13-5-2-6-24-13/h1-7,9-10H,8H2,(H,20,23). The average Bonchev–Trinajstić information content (AvgIpc) is 3.23. The summed E-state index contributed by atoms with van der Waals surface area (Å²) in [4.78, 5) is 15.9. The zero-order valence-electron chi connectivity index (χ0n) is 12.2. The third kappa shape index (κ3) is 3.48. The number of amides is 1. The molecule has 3 aromatic rings. The van der Waals surface area contributed by atoms with E-state index < -0.39 is 17.6 Å². The molecule has 0 atom stereocenters. The molecule has 0 aliphatic heterocycles. The predicted octanol–water partition coefficient (Wildman–Crippen LogP) is 3.41. The fourth-order valence-electron chi connectivity index (χ4n) is 2.10. The lowest BCUT2D eigenvalue weighted by Crippen LogP contribution is -2.22. The molecule has 0 spiro atoms. The first kappa shape index (κ1) is 15.9. The molecule has 2 aromatic heterocycles. The maximum atomic E-state index is 12.8. The highest BCUT2D eigenvalue weighted by molar-refractivity contribution is 5.92. The normalized spacial score (nSPS) is 11.5. The van der Waals surface area contributed by atoms with Gasteiger partial charge in [0.1, 0.15) is 17.8 Å². The first-order valence-electron chi connectivity index (χ1n) is 6.96. The van der Waals surface area contributed by atoms with Gasteiger partial charge in [-0.15, -0.1) is 0 Å². The lowest BCUT2D eigenvalue weighted by atomic mass is 10.2. The van der Waals surface area contributed by atoms with Crippen LogP contribution in [-0.4, -0.2) is 15.5 Å². The summed E-state index contributed by atoms with van der Waals surface area (Å²) < 4.78 is 44.7. The van der Waals surface area contributed by atoms with Crippen molar-refractivity contribution < 1.29 is 22.4 Å². The molecule has 5 nitrogen and oxygen atoms in total. The molecule has 0 fully saturated rings. The number of aromatic nitrogens is 2. The third-order valence-electron chi connectivity index (χ3n) is 3.29. The molecule has 8 heteroatoms. The summed E-state index contributed by atoms with van der Waals surface area (Å²) in [5, 5.41) is 2.61. The fraction of sp³-hybridized carbons (Fsp3) is 0.125. The van der Waals surface area contributed by atoms with Gasteiger partial charge < -0.3 is 14.3 Å². The van der Waals surface area contributed by atoms with Crippen LogP contribution in [-0.2, 0) is 12.7 Å². The zero-order chi connectivity index (χ0) is 17.2. The Balaban J connectivity index is 1.74. The molecule has 0 bridgehead atoms. The number of nitrogens with zero attached hydrogens (tertiary/aromatic N) is 2. The van der Waals surface area contributed by atoms with Crippen molar-refractivity contribution in [3.8, 4) is 5.69 Å². The summed E-state index contributed by atoms with van der Waals surface area (Å²) in [6, 6.07) is 8.19. The maximum Gasteiger partial charge on any atom is 0.416 e. The van der Waals surface area contributed by atoms with Gasteiger partial charge in [0.15, 0.2) is 0 Å². The SMILES string of the molecule is O=C(NCc1ccco1)c1cn(-c2cccc(C(F)(F)F)c2)cn1. The number of imidazole rings is 1. The molecule has 1 N–H and O–H groups in total. The first-order valence-corrected chi connectivity index (χ1v) is 6.96. The minimum Gasteiger partial charge on any atom is -0.467 e. The van der Waals surface area contributed by atoms with E-state index in [4.69, 9.17) is 4.42 Å². The molecule has 1 aromatic carbocycles. The molecular formula is C16H12F3N3O2. The monoisotopic (exact) mass is 335 g/mol. The Kier molecular flexibility index (Phi) is 4.11. The molecule has 0 radical (unpaired) electrons. The third-order valence-corrected chi connectivity index (χ3v) is 3.29. The summed E-state index contributed by atoms with van der Waals surface area (Å²) in [5.41, 5.74) is -0.404. The summed E-state index contributed by atoms with van der Waals surface area (Å²) >= 11 is 0. The highest BCUT2D eigenvalue weighted by Crippen LogP contribution is 2.30. The van der Waals surface area contributed by atoms with E-state index in [0.29, 0.717) is 5.76 Å². The first-order chi connectivity index (χ1) is 11.4. The molecule has 124 valence electrons. The van der Waals surface area contributed by atoms with Crippen molar-refractivity contribution in [3.05, 3.63) is 72.2 Å². The van der Waals surface area contributed by atoms with Gasteiger partial charge in [0.2, 0.25) is 0 Å². The van der Waals surface area contributed by atoms with Crippen LogP contribution in [0.2, 0.25) is 0 Å². The van der Waals surface area contributed by atoms with E-state index in [1.165, 1.54) is 35.5 Å². The molecule has 0 aliphatic carbocycles.